The fourth-order valence-electron chi connectivity index (χ4n) is 2.38. The fraction of sp³-hybridized carbons (Fsp3) is 0.400. The third-order valence-electron chi connectivity index (χ3n) is 3.59. The van der Waals surface area contributed by atoms with Crippen molar-refractivity contribution in [2.75, 3.05) is 0 Å². The number of carboxylic acids is 1. The van der Waals surface area contributed by atoms with Gasteiger partial charge in [0.2, 0.25) is 0 Å². The number of hydrogen-bond donors (Lipinski definition) is 3. The van der Waals surface area contributed by atoms with Crippen molar-refractivity contribution in [3.63, 3.8) is 0 Å². The highest BCUT2D eigenvalue weighted by atomic mass is 19.4. The first-order valence-corrected chi connectivity index (χ1v) is 7.32. The summed E-state index contributed by atoms with van der Waals surface area (Å²) < 4.78 is 38.1. The van der Waals surface area contributed by atoms with Crippen LogP contribution in [0.4, 0.5) is 13.2 Å². The molecule has 0 saturated carbocycles. The molecular formula is C15H16F3N3O4. The Hall–Kier alpha value is -2.78. The van der Waals surface area contributed by atoms with Crippen molar-refractivity contribution in [1.82, 2.24) is 14.9 Å². The van der Waals surface area contributed by atoms with Gasteiger partial charge in [-0.25, -0.2) is 9.59 Å². The van der Waals surface area contributed by atoms with Crippen LogP contribution in [-0.4, -0.2) is 38.8 Å². The molecule has 0 unspecified atom stereocenters. The second kappa shape index (κ2) is 6.61. The number of aliphatic carboxylic acids is 1. The highest BCUT2D eigenvalue weighted by molar-refractivity contribution is 5.99. The van der Waals surface area contributed by atoms with E-state index in [0.717, 1.165) is 0 Å². The van der Waals surface area contributed by atoms with Crippen LogP contribution in [-0.2, 0) is 11.3 Å². The number of nitrogens with one attached hydrogen (secondary N) is 2. The van der Waals surface area contributed by atoms with Gasteiger partial charge < -0.3 is 15.4 Å². The summed E-state index contributed by atoms with van der Waals surface area (Å²) in [4.78, 5) is 37.2. The Morgan fingerprint density at radius 2 is 1.96 bits per heavy atom. The van der Waals surface area contributed by atoms with E-state index in [2.05, 4.69) is 10.3 Å². The number of carboxylic acid groups (broad SMARTS) is 1. The van der Waals surface area contributed by atoms with E-state index < -0.39 is 36.3 Å². The number of aromatic nitrogens is 2. The average molecular weight is 359 g/mol. The number of carbonyl (C=O) groups excluding carboxylic acids is 1. The third kappa shape index (κ3) is 4.20. The third-order valence-corrected chi connectivity index (χ3v) is 3.59. The van der Waals surface area contributed by atoms with Crippen molar-refractivity contribution in [1.29, 1.82) is 0 Å². The van der Waals surface area contributed by atoms with Crippen molar-refractivity contribution in [2.24, 2.45) is 5.92 Å². The van der Waals surface area contributed by atoms with Crippen LogP contribution in [0.1, 0.15) is 24.2 Å². The van der Waals surface area contributed by atoms with Gasteiger partial charge in [-0.3, -0.25) is 9.36 Å². The Kier molecular flexibility index (Phi) is 4.91. The van der Waals surface area contributed by atoms with Crippen LogP contribution in [0.25, 0.3) is 11.0 Å². The molecule has 10 heteroatoms. The van der Waals surface area contributed by atoms with E-state index in [1.807, 2.05) is 0 Å². The zero-order valence-corrected chi connectivity index (χ0v) is 13.3. The van der Waals surface area contributed by atoms with E-state index in [9.17, 15) is 27.6 Å². The molecule has 7 nitrogen and oxygen atoms in total. The van der Waals surface area contributed by atoms with Crippen molar-refractivity contribution in [3.8, 4) is 0 Å². The van der Waals surface area contributed by atoms with Crippen molar-refractivity contribution in [3.05, 3.63) is 34.2 Å². The molecular weight excluding hydrogens is 343 g/mol. The molecule has 1 aromatic heterocycles. The van der Waals surface area contributed by atoms with Gasteiger partial charge in [0.1, 0.15) is 12.6 Å². The maximum Gasteiger partial charge on any atom is 0.406 e. The predicted molar refractivity (Wildman–Crippen MR) is 82.3 cm³/mol. The Morgan fingerprint density at radius 3 is 2.48 bits per heavy atom. The van der Waals surface area contributed by atoms with Gasteiger partial charge in [0.25, 0.3) is 5.91 Å². The number of benzene rings is 1. The summed E-state index contributed by atoms with van der Waals surface area (Å²) >= 11 is 0. The maximum absolute atomic E-state index is 12.5. The van der Waals surface area contributed by atoms with E-state index in [1.54, 1.807) is 13.8 Å². The maximum atomic E-state index is 12.5. The average Bonchev–Trinajstić information content (AvgIpc) is 2.77. The molecule has 0 spiro atoms. The van der Waals surface area contributed by atoms with Gasteiger partial charge in [0.15, 0.2) is 0 Å². The Bertz CT molecular complexity index is 867. The van der Waals surface area contributed by atoms with Gasteiger partial charge in [-0.05, 0) is 24.1 Å². The molecule has 2 rings (SSSR count). The first kappa shape index (κ1) is 18.6. The molecule has 0 aliphatic heterocycles. The van der Waals surface area contributed by atoms with Crippen molar-refractivity contribution < 1.29 is 27.9 Å². The monoisotopic (exact) mass is 359 g/mol. The molecule has 136 valence electrons. The number of hydrogen-bond acceptors (Lipinski definition) is 3. The molecule has 1 amide bonds. The summed E-state index contributed by atoms with van der Waals surface area (Å²) in [5.74, 6) is -2.26. The summed E-state index contributed by atoms with van der Waals surface area (Å²) in [5.41, 5.74) is -0.869. The van der Waals surface area contributed by atoms with Crippen LogP contribution in [0.5, 0.6) is 0 Å². The smallest absolute Gasteiger partial charge is 0.406 e. The van der Waals surface area contributed by atoms with Crippen LogP contribution < -0.4 is 11.0 Å². The number of nitrogens with zero attached hydrogens (tertiary/aromatic N) is 1. The van der Waals surface area contributed by atoms with Gasteiger partial charge in [-0.15, -0.1) is 0 Å². The van der Waals surface area contributed by atoms with Gasteiger partial charge in [0, 0.05) is 5.56 Å². The second-order valence-corrected chi connectivity index (χ2v) is 5.90. The first-order valence-electron chi connectivity index (χ1n) is 7.32. The van der Waals surface area contributed by atoms with Crippen LogP contribution in [0.3, 0.4) is 0 Å². The van der Waals surface area contributed by atoms with Crippen molar-refractivity contribution >= 4 is 22.9 Å². The number of H-pyrrole nitrogens is 1. The quantitative estimate of drug-likeness (QED) is 0.756. The topological polar surface area (TPSA) is 104 Å². The minimum absolute atomic E-state index is 0.00230. The lowest BCUT2D eigenvalue weighted by atomic mass is 10.0. The molecule has 0 fully saturated rings. The molecule has 0 bridgehead atoms. The second-order valence-electron chi connectivity index (χ2n) is 5.90. The molecule has 3 N–H and O–H groups in total. The van der Waals surface area contributed by atoms with E-state index in [1.165, 1.54) is 18.2 Å². The molecule has 0 aliphatic carbocycles. The number of carbonyl (C=O) groups is 2. The van der Waals surface area contributed by atoms with Gasteiger partial charge in [0.05, 0.1) is 11.0 Å². The van der Waals surface area contributed by atoms with Crippen LogP contribution in [0.15, 0.2) is 23.0 Å². The normalized spacial score (nSPS) is 13.2. The summed E-state index contributed by atoms with van der Waals surface area (Å²) in [6, 6.07) is 2.53. The number of alkyl halides is 3. The molecule has 25 heavy (non-hydrogen) atoms. The minimum Gasteiger partial charge on any atom is -0.480 e. The number of amides is 1. The molecule has 1 aromatic carbocycles. The zero-order chi connectivity index (χ0) is 18.9. The summed E-state index contributed by atoms with van der Waals surface area (Å²) in [7, 11) is 0. The zero-order valence-electron chi connectivity index (χ0n) is 13.3. The highest BCUT2D eigenvalue weighted by Gasteiger charge is 2.30. The molecule has 2 aromatic rings. The summed E-state index contributed by atoms with van der Waals surface area (Å²) in [5, 5.41) is 11.4. The van der Waals surface area contributed by atoms with Gasteiger partial charge in [-0.1, -0.05) is 13.8 Å². The van der Waals surface area contributed by atoms with Crippen LogP contribution in [0, 0.1) is 5.92 Å². The lowest BCUT2D eigenvalue weighted by Crippen LogP contribution is -2.44. The van der Waals surface area contributed by atoms with E-state index in [0.29, 0.717) is 4.57 Å². The molecule has 1 atom stereocenters. The number of halogens is 3. The Balaban J connectivity index is 2.34. The SMILES string of the molecule is CC(C)[C@H](NC(=O)c1ccc2c(c1)[nH]c(=O)n2CC(F)(F)F)C(=O)O. The predicted octanol–water partition coefficient (Wildman–Crippen LogP) is 1.73. The Morgan fingerprint density at radius 1 is 1.32 bits per heavy atom. The number of imidazole rings is 1. The Labute approximate surface area is 139 Å². The lowest BCUT2D eigenvalue weighted by Gasteiger charge is -2.17. The van der Waals surface area contributed by atoms with Crippen LogP contribution in [0.2, 0.25) is 0 Å². The van der Waals surface area contributed by atoms with E-state index in [-0.39, 0.29) is 22.5 Å². The van der Waals surface area contributed by atoms with Crippen LogP contribution >= 0.6 is 0 Å². The van der Waals surface area contributed by atoms with E-state index in [4.69, 9.17) is 5.11 Å². The fourth-order valence-corrected chi connectivity index (χ4v) is 2.38. The summed E-state index contributed by atoms with van der Waals surface area (Å²) in [6.07, 6.45) is -4.57. The molecule has 0 aliphatic rings. The molecule has 0 radical (unpaired) electrons. The largest absolute Gasteiger partial charge is 0.480 e. The number of aromatic amines is 1. The standard InChI is InChI=1S/C15H16F3N3O4/c1-7(2)11(13(23)24)20-12(22)8-3-4-10-9(5-8)19-14(25)21(10)6-15(16,17)18/h3-5,7,11H,6H2,1-2H3,(H,19,25)(H,20,22)(H,23,24)/t11-/m0/s1. The minimum atomic E-state index is -4.57. The first-order chi connectivity index (χ1) is 11.5. The number of fused-ring (bicyclic) bond motifs is 1. The molecule has 1 heterocycles. The lowest BCUT2D eigenvalue weighted by molar-refractivity contribution is -0.141. The highest BCUT2D eigenvalue weighted by Crippen LogP contribution is 2.20. The van der Waals surface area contributed by atoms with Gasteiger partial charge in [-0.2, -0.15) is 13.2 Å². The van der Waals surface area contributed by atoms with Gasteiger partial charge >= 0.3 is 17.8 Å². The molecule has 0 saturated heterocycles. The van der Waals surface area contributed by atoms with E-state index >= 15 is 0 Å². The summed E-state index contributed by atoms with van der Waals surface area (Å²) in [6.45, 7) is 1.79. The van der Waals surface area contributed by atoms with Crippen molar-refractivity contribution in [2.45, 2.75) is 32.6 Å². The number of rotatable bonds is 5.